The molecule has 4 rings (SSSR count). The van der Waals surface area contributed by atoms with Gasteiger partial charge in [-0.1, -0.05) is 18.2 Å². The predicted octanol–water partition coefficient (Wildman–Crippen LogP) is 2.52. The molecule has 1 aliphatic rings. The average molecular weight is 334 g/mol. The predicted molar refractivity (Wildman–Crippen MR) is 92.8 cm³/mol. The van der Waals surface area contributed by atoms with Gasteiger partial charge in [0, 0.05) is 18.5 Å². The molecule has 1 amide bonds. The van der Waals surface area contributed by atoms with Crippen molar-refractivity contribution in [3.8, 4) is 11.4 Å². The third-order valence-corrected chi connectivity index (χ3v) is 4.25. The van der Waals surface area contributed by atoms with Crippen LogP contribution in [-0.2, 0) is 13.0 Å². The number of para-hydroxylation sites is 1. The molecule has 126 valence electrons. The Morgan fingerprint density at radius 1 is 1.32 bits per heavy atom. The summed E-state index contributed by atoms with van der Waals surface area (Å²) in [6.07, 6.45) is 4.14. The summed E-state index contributed by atoms with van der Waals surface area (Å²) >= 11 is 0. The molecule has 1 aromatic heterocycles. The van der Waals surface area contributed by atoms with Gasteiger partial charge in [-0.2, -0.15) is 5.10 Å². The van der Waals surface area contributed by atoms with Crippen LogP contribution in [-0.4, -0.2) is 26.8 Å². The van der Waals surface area contributed by atoms with Gasteiger partial charge < -0.3 is 10.1 Å². The lowest BCUT2D eigenvalue weighted by Gasteiger charge is -2.11. The van der Waals surface area contributed by atoms with Crippen molar-refractivity contribution in [1.82, 2.24) is 20.1 Å². The van der Waals surface area contributed by atoms with Crippen LogP contribution < -0.4 is 10.1 Å². The molecule has 0 unspecified atom stereocenters. The van der Waals surface area contributed by atoms with Crippen LogP contribution >= 0.6 is 0 Å². The highest BCUT2D eigenvalue weighted by molar-refractivity contribution is 5.94. The second-order valence-corrected chi connectivity index (χ2v) is 6.11. The Balaban J connectivity index is 1.49. The fourth-order valence-electron chi connectivity index (χ4n) is 3.06. The van der Waals surface area contributed by atoms with Crippen molar-refractivity contribution in [2.24, 2.45) is 0 Å². The Morgan fingerprint density at radius 3 is 3.04 bits per heavy atom. The van der Waals surface area contributed by atoms with Crippen LogP contribution in [0, 0.1) is 0 Å². The smallest absolute Gasteiger partial charge is 0.251 e. The number of nitrogens with zero attached hydrogens (tertiary/aromatic N) is 3. The van der Waals surface area contributed by atoms with Gasteiger partial charge >= 0.3 is 0 Å². The lowest BCUT2D eigenvalue weighted by molar-refractivity contribution is 0.0951. The van der Waals surface area contributed by atoms with E-state index in [4.69, 9.17) is 4.74 Å². The summed E-state index contributed by atoms with van der Waals surface area (Å²) in [5, 5.41) is 7.14. The molecule has 3 aromatic rings. The maximum atomic E-state index is 12.5. The van der Waals surface area contributed by atoms with Crippen molar-refractivity contribution in [2.75, 3.05) is 0 Å². The summed E-state index contributed by atoms with van der Waals surface area (Å²) in [4.78, 5) is 16.5. The summed E-state index contributed by atoms with van der Waals surface area (Å²) in [5.41, 5.74) is 3.61. The van der Waals surface area contributed by atoms with E-state index in [0.717, 1.165) is 29.0 Å². The van der Waals surface area contributed by atoms with Gasteiger partial charge in [-0.3, -0.25) is 4.79 Å². The molecule has 0 spiro atoms. The van der Waals surface area contributed by atoms with E-state index in [2.05, 4.69) is 15.4 Å². The number of hydrogen-bond donors (Lipinski definition) is 1. The minimum absolute atomic E-state index is 0.101. The topological polar surface area (TPSA) is 69.0 Å². The Bertz CT molecular complexity index is 906. The minimum Gasteiger partial charge on any atom is -0.490 e. The van der Waals surface area contributed by atoms with Crippen LogP contribution in [0.5, 0.6) is 5.75 Å². The summed E-state index contributed by atoms with van der Waals surface area (Å²) in [5.74, 6) is 0.774. The third kappa shape index (κ3) is 3.10. The lowest BCUT2D eigenvalue weighted by atomic mass is 10.1. The van der Waals surface area contributed by atoms with Crippen LogP contribution in [0.1, 0.15) is 28.4 Å². The highest BCUT2D eigenvalue weighted by Crippen LogP contribution is 2.29. The van der Waals surface area contributed by atoms with Crippen LogP contribution in [0.25, 0.3) is 5.69 Å². The van der Waals surface area contributed by atoms with Gasteiger partial charge in [0.15, 0.2) is 0 Å². The Morgan fingerprint density at radius 2 is 2.20 bits per heavy atom. The molecule has 0 radical (unpaired) electrons. The van der Waals surface area contributed by atoms with Gasteiger partial charge in [-0.15, -0.1) is 0 Å². The molecule has 1 aliphatic heterocycles. The first-order valence-corrected chi connectivity index (χ1v) is 8.21. The van der Waals surface area contributed by atoms with Crippen molar-refractivity contribution in [1.29, 1.82) is 0 Å². The first-order valence-electron chi connectivity index (χ1n) is 8.21. The molecule has 6 heteroatoms. The maximum absolute atomic E-state index is 12.5. The van der Waals surface area contributed by atoms with Crippen LogP contribution in [0.3, 0.4) is 0 Å². The van der Waals surface area contributed by atoms with Crippen molar-refractivity contribution < 1.29 is 9.53 Å². The van der Waals surface area contributed by atoms with E-state index in [0.29, 0.717) is 12.1 Å². The molecule has 1 atom stereocenters. The third-order valence-electron chi connectivity index (χ3n) is 4.25. The number of nitrogens with one attached hydrogen (secondary N) is 1. The Labute approximate surface area is 145 Å². The van der Waals surface area contributed by atoms with E-state index in [1.54, 1.807) is 17.1 Å². The number of fused-ring (bicyclic) bond motifs is 1. The number of ether oxygens (including phenoxy) is 1. The number of carbonyl (C=O) groups is 1. The van der Waals surface area contributed by atoms with Gasteiger partial charge in [-0.05, 0) is 42.3 Å². The van der Waals surface area contributed by atoms with Crippen LogP contribution in [0.4, 0.5) is 0 Å². The molecular weight excluding hydrogens is 316 g/mol. The van der Waals surface area contributed by atoms with Crippen molar-refractivity contribution in [3.63, 3.8) is 0 Å². The average Bonchev–Trinajstić information content (AvgIpc) is 3.27. The van der Waals surface area contributed by atoms with Crippen LogP contribution in [0.2, 0.25) is 0 Å². The van der Waals surface area contributed by atoms with Gasteiger partial charge in [0.1, 0.15) is 24.5 Å². The lowest BCUT2D eigenvalue weighted by Crippen LogP contribution is -2.23. The molecule has 0 bridgehead atoms. The Hall–Kier alpha value is -3.15. The van der Waals surface area contributed by atoms with E-state index in [1.807, 2.05) is 43.3 Å². The summed E-state index contributed by atoms with van der Waals surface area (Å²) < 4.78 is 7.37. The highest BCUT2D eigenvalue weighted by Gasteiger charge is 2.20. The van der Waals surface area contributed by atoms with E-state index < -0.39 is 0 Å². The molecule has 25 heavy (non-hydrogen) atoms. The fourth-order valence-corrected chi connectivity index (χ4v) is 3.06. The molecule has 0 saturated heterocycles. The number of rotatable bonds is 4. The summed E-state index contributed by atoms with van der Waals surface area (Å²) in [6, 6.07) is 13.4. The zero-order valence-electron chi connectivity index (χ0n) is 13.8. The molecule has 0 aliphatic carbocycles. The zero-order valence-corrected chi connectivity index (χ0v) is 13.8. The summed E-state index contributed by atoms with van der Waals surface area (Å²) in [6.45, 7) is 2.44. The van der Waals surface area contributed by atoms with E-state index in [9.17, 15) is 4.79 Å². The van der Waals surface area contributed by atoms with Gasteiger partial charge in [0.2, 0.25) is 0 Å². The molecule has 6 nitrogen and oxygen atoms in total. The first-order chi connectivity index (χ1) is 12.2. The SMILES string of the molecule is C[C@@H]1Cc2cc(C(=O)NCc3ccccc3-n3cncn3)ccc2O1. The zero-order chi connectivity index (χ0) is 17.2. The van der Waals surface area contributed by atoms with Gasteiger partial charge in [0.05, 0.1) is 5.69 Å². The monoisotopic (exact) mass is 334 g/mol. The minimum atomic E-state index is -0.101. The highest BCUT2D eigenvalue weighted by atomic mass is 16.5. The van der Waals surface area contributed by atoms with E-state index in [-0.39, 0.29) is 12.0 Å². The standard InChI is InChI=1S/C19H18N4O2/c1-13-8-16-9-14(6-7-18(16)25-13)19(24)21-10-15-4-2-3-5-17(15)23-12-20-11-22-23/h2-7,9,11-13H,8,10H2,1H3,(H,21,24)/t13-/m1/s1. The second-order valence-electron chi connectivity index (χ2n) is 6.11. The van der Waals surface area contributed by atoms with Crippen LogP contribution in [0.15, 0.2) is 55.1 Å². The molecule has 2 heterocycles. The van der Waals surface area contributed by atoms with E-state index >= 15 is 0 Å². The van der Waals surface area contributed by atoms with Crippen molar-refractivity contribution in [2.45, 2.75) is 26.0 Å². The molecular formula is C19H18N4O2. The van der Waals surface area contributed by atoms with Gasteiger partial charge in [0.25, 0.3) is 5.91 Å². The number of aromatic nitrogens is 3. The van der Waals surface area contributed by atoms with Crippen molar-refractivity contribution >= 4 is 5.91 Å². The normalized spacial score (nSPS) is 15.5. The van der Waals surface area contributed by atoms with Gasteiger partial charge in [-0.25, -0.2) is 9.67 Å². The van der Waals surface area contributed by atoms with Crippen molar-refractivity contribution in [3.05, 3.63) is 71.8 Å². The molecule has 0 fully saturated rings. The molecule has 1 N–H and O–H groups in total. The van der Waals surface area contributed by atoms with E-state index in [1.165, 1.54) is 6.33 Å². The number of amides is 1. The summed E-state index contributed by atoms with van der Waals surface area (Å²) in [7, 11) is 0. The second kappa shape index (κ2) is 6.39. The molecule has 2 aromatic carbocycles. The number of hydrogen-bond acceptors (Lipinski definition) is 4. The Kier molecular flexibility index (Phi) is 3.93. The largest absolute Gasteiger partial charge is 0.490 e. The number of carbonyl (C=O) groups excluding carboxylic acids is 1. The maximum Gasteiger partial charge on any atom is 0.251 e. The fraction of sp³-hybridized carbons (Fsp3) is 0.211. The quantitative estimate of drug-likeness (QED) is 0.796. The number of benzene rings is 2. The first kappa shape index (κ1) is 15.4. The molecule has 0 saturated carbocycles.